The lowest BCUT2D eigenvalue weighted by molar-refractivity contribution is 0.189. The van der Waals surface area contributed by atoms with E-state index in [0.717, 1.165) is 27.8 Å². The van der Waals surface area contributed by atoms with E-state index in [4.69, 9.17) is 9.97 Å². The molecule has 1 fully saturated rings. The number of halogens is 1. The first-order valence-corrected chi connectivity index (χ1v) is 11.4. The van der Waals surface area contributed by atoms with Gasteiger partial charge in [0.05, 0.1) is 23.2 Å². The number of amides is 1. The number of aryl methyl sites for hydroxylation is 1. The second-order valence-electron chi connectivity index (χ2n) is 8.70. The van der Waals surface area contributed by atoms with Crippen LogP contribution in [0.5, 0.6) is 5.75 Å². The summed E-state index contributed by atoms with van der Waals surface area (Å²) in [4.78, 5) is 23.4. The Balaban J connectivity index is 0.00000289. The van der Waals surface area contributed by atoms with Crippen LogP contribution in [0.25, 0.3) is 22.3 Å². The standard InChI is InChI=1S/C27H26N4O3.ClH/c1-17-11-12-19-22(15-17)28-25(20-9-5-6-10-24(20)32)30-26(19)31-14-13-21(29-27(33)34)23(31)16-18-7-3-2-4-8-18;/h2-12,15,21,23,29,32H,13-14,16H2,1H3,(H,33,34);1H. The van der Waals surface area contributed by atoms with Crippen LogP contribution in [0.1, 0.15) is 17.5 Å². The number of fused-ring (bicyclic) bond motifs is 1. The molecule has 5 rings (SSSR count). The van der Waals surface area contributed by atoms with E-state index in [0.29, 0.717) is 30.8 Å². The first-order valence-electron chi connectivity index (χ1n) is 11.4. The number of benzene rings is 3. The van der Waals surface area contributed by atoms with E-state index >= 15 is 0 Å². The molecule has 3 N–H and O–H groups in total. The summed E-state index contributed by atoms with van der Waals surface area (Å²) in [5.74, 6) is 1.31. The maximum Gasteiger partial charge on any atom is 0.404 e. The van der Waals surface area contributed by atoms with E-state index in [2.05, 4.69) is 22.3 Å². The molecule has 4 aromatic rings. The molecule has 35 heavy (non-hydrogen) atoms. The van der Waals surface area contributed by atoms with Gasteiger partial charge in [-0.3, -0.25) is 0 Å². The number of phenols is 1. The van der Waals surface area contributed by atoms with E-state index in [1.165, 1.54) is 0 Å². The van der Waals surface area contributed by atoms with Gasteiger partial charge in [-0.15, -0.1) is 12.4 Å². The average Bonchev–Trinajstić information content (AvgIpc) is 3.20. The normalized spacial score (nSPS) is 17.2. The molecule has 0 bridgehead atoms. The summed E-state index contributed by atoms with van der Waals surface area (Å²) in [7, 11) is 0. The fourth-order valence-electron chi connectivity index (χ4n) is 4.78. The fraction of sp³-hybridized carbons (Fsp3) is 0.222. The number of nitrogens with zero attached hydrogens (tertiary/aromatic N) is 3. The molecule has 0 radical (unpaired) electrons. The molecule has 1 amide bonds. The van der Waals surface area contributed by atoms with Gasteiger partial charge in [0, 0.05) is 11.9 Å². The zero-order chi connectivity index (χ0) is 23.7. The molecule has 1 aliphatic rings. The molecule has 0 spiro atoms. The van der Waals surface area contributed by atoms with Crippen LogP contribution < -0.4 is 10.2 Å². The number of rotatable bonds is 5. The predicted molar refractivity (Wildman–Crippen MR) is 139 cm³/mol. The van der Waals surface area contributed by atoms with Crippen molar-refractivity contribution in [2.24, 2.45) is 0 Å². The molecule has 0 aliphatic carbocycles. The number of para-hydroxylation sites is 1. The minimum absolute atomic E-state index is 0. The molecule has 180 valence electrons. The lowest BCUT2D eigenvalue weighted by atomic mass is 10.00. The average molecular weight is 491 g/mol. The first-order chi connectivity index (χ1) is 16.5. The summed E-state index contributed by atoms with van der Waals surface area (Å²) in [5.41, 5.74) is 3.56. The minimum atomic E-state index is -1.03. The summed E-state index contributed by atoms with van der Waals surface area (Å²) < 4.78 is 0. The lowest BCUT2D eigenvalue weighted by Gasteiger charge is -2.30. The highest BCUT2D eigenvalue weighted by atomic mass is 35.5. The van der Waals surface area contributed by atoms with Crippen molar-refractivity contribution in [1.82, 2.24) is 15.3 Å². The monoisotopic (exact) mass is 490 g/mol. The van der Waals surface area contributed by atoms with Crippen molar-refractivity contribution in [3.63, 3.8) is 0 Å². The number of aromatic nitrogens is 2. The third-order valence-corrected chi connectivity index (χ3v) is 6.39. The maximum absolute atomic E-state index is 11.5. The number of phenolic OH excluding ortho intramolecular Hbond substituents is 1. The van der Waals surface area contributed by atoms with Crippen LogP contribution in [0, 0.1) is 6.92 Å². The van der Waals surface area contributed by atoms with Gasteiger partial charge in [-0.05, 0) is 55.2 Å². The van der Waals surface area contributed by atoms with Crippen LogP contribution in [0.4, 0.5) is 10.6 Å². The Morgan fingerprint density at radius 2 is 1.80 bits per heavy atom. The minimum Gasteiger partial charge on any atom is -0.507 e. The first kappa shape index (κ1) is 24.3. The summed E-state index contributed by atoms with van der Waals surface area (Å²) in [5, 5.41) is 23.5. The molecular formula is C27H27ClN4O3. The zero-order valence-electron chi connectivity index (χ0n) is 19.3. The molecule has 2 atom stereocenters. The Labute approximate surface area is 209 Å². The van der Waals surface area contributed by atoms with Crippen molar-refractivity contribution in [3.05, 3.63) is 83.9 Å². The predicted octanol–water partition coefficient (Wildman–Crippen LogP) is 5.19. The summed E-state index contributed by atoms with van der Waals surface area (Å²) in [6.45, 7) is 2.67. The molecule has 2 heterocycles. The van der Waals surface area contributed by atoms with Crippen molar-refractivity contribution in [1.29, 1.82) is 0 Å². The Morgan fingerprint density at radius 1 is 1.06 bits per heavy atom. The third-order valence-electron chi connectivity index (χ3n) is 6.39. The van der Waals surface area contributed by atoms with E-state index in [1.54, 1.807) is 18.2 Å². The second-order valence-corrected chi connectivity index (χ2v) is 8.70. The number of nitrogens with one attached hydrogen (secondary N) is 1. The number of hydrogen-bond acceptors (Lipinski definition) is 5. The van der Waals surface area contributed by atoms with Gasteiger partial charge in [0.15, 0.2) is 5.82 Å². The van der Waals surface area contributed by atoms with E-state index in [9.17, 15) is 15.0 Å². The SMILES string of the molecule is Cc1ccc2c(N3CCC(NC(=O)O)C3Cc3ccccc3)nc(-c3ccccc3O)nc2c1.Cl. The number of carbonyl (C=O) groups is 1. The van der Waals surface area contributed by atoms with Gasteiger partial charge in [0.1, 0.15) is 11.6 Å². The molecule has 1 aromatic heterocycles. The Kier molecular flexibility index (Phi) is 7.07. The van der Waals surface area contributed by atoms with Crippen LogP contribution in [-0.4, -0.2) is 44.9 Å². The number of anilines is 1. The molecule has 3 aromatic carbocycles. The molecular weight excluding hydrogens is 464 g/mol. The zero-order valence-corrected chi connectivity index (χ0v) is 20.1. The van der Waals surface area contributed by atoms with Crippen LogP contribution in [-0.2, 0) is 6.42 Å². The van der Waals surface area contributed by atoms with Gasteiger partial charge in [-0.1, -0.05) is 48.5 Å². The highest BCUT2D eigenvalue weighted by molar-refractivity contribution is 5.92. The van der Waals surface area contributed by atoms with Gasteiger partial charge < -0.3 is 20.4 Å². The quantitative estimate of drug-likeness (QED) is 0.356. The molecule has 8 heteroatoms. The van der Waals surface area contributed by atoms with Crippen molar-refractivity contribution >= 4 is 35.2 Å². The van der Waals surface area contributed by atoms with Crippen molar-refractivity contribution in [2.75, 3.05) is 11.4 Å². The van der Waals surface area contributed by atoms with Crippen LogP contribution in [0.2, 0.25) is 0 Å². The van der Waals surface area contributed by atoms with E-state index < -0.39 is 6.09 Å². The van der Waals surface area contributed by atoms with Gasteiger partial charge >= 0.3 is 6.09 Å². The third kappa shape index (κ3) is 5.00. The molecule has 0 saturated carbocycles. The molecule has 2 unspecified atom stereocenters. The Morgan fingerprint density at radius 3 is 2.54 bits per heavy atom. The van der Waals surface area contributed by atoms with Gasteiger partial charge in [0.2, 0.25) is 0 Å². The number of aromatic hydroxyl groups is 1. The Bertz CT molecular complexity index is 1350. The van der Waals surface area contributed by atoms with Crippen molar-refractivity contribution in [2.45, 2.75) is 31.8 Å². The summed E-state index contributed by atoms with van der Waals surface area (Å²) >= 11 is 0. The highest BCUT2D eigenvalue weighted by Crippen LogP contribution is 2.35. The van der Waals surface area contributed by atoms with Crippen molar-refractivity contribution in [3.8, 4) is 17.1 Å². The molecule has 1 saturated heterocycles. The lowest BCUT2D eigenvalue weighted by Crippen LogP contribution is -2.46. The smallest absolute Gasteiger partial charge is 0.404 e. The molecule has 7 nitrogen and oxygen atoms in total. The summed E-state index contributed by atoms with van der Waals surface area (Å²) in [6, 6.07) is 22.8. The van der Waals surface area contributed by atoms with Gasteiger partial charge in [-0.25, -0.2) is 14.8 Å². The molecule has 1 aliphatic heterocycles. The number of carboxylic acid groups (broad SMARTS) is 1. The largest absolute Gasteiger partial charge is 0.507 e. The van der Waals surface area contributed by atoms with E-state index in [1.807, 2.05) is 49.4 Å². The van der Waals surface area contributed by atoms with E-state index in [-0.39, 0.29) is 30.2 Å². The van der Waals surface area contributed by atoms with Crippen LogP contribution >= 0.6 is 12.4 Å². The maximum atomic E-state index is 11.5. The number of hydrogen-bond donors (Lipinski definition) is 3. The Hall–Kier alpha value is -3.84. The second kappa shape index (κ2) is 10.2. The van der Waals surface area contributed by atoms with Gasteiger partial charge in [0.25, 0.3) is 0 Å². The van der Waals surface area contributed by atoms with Gasteiger partial charge in [-0.2, -0.15) is 0 Å². The summed E-state index contributed by atoms with van der Waals surface area (Å²) in [6.07, 6.45) is 0.324. The fourth-order valence-corrected chi connectivity index (χ4v) is 4.78. The van der Waals surface area contributed by atoms with Crippen LogP contribution in [0.3, 0.4) is 0 Å². The highest BCUT2D eigenvalue weighted by Gasteiger charge is 2.37. The topological polar surface area (TPSA) is 98.6 Å². The van der Waals surface area contributed by atoms with Crippen molar-refractivity contribution < 1.29 is 15.0 Å². The van der Waals surface area contributed by atoms with Crippen LogP contribution in [0.15, 0.2) is 72.8 Å².